The zero-order chi connectivity index (χ0) is 24.5. The molecule has 0 radical (unpaired) electrons. The number of rotatable bonds is 7. The second kappa shape index (κ2) is 9.87. The largest absolute Gasteiger partial charge is 0.378 e. The zero-order valence-corrected chi connectivity index (χ0v) is 20.1. The third kappa shape index (κ3) is 4.54. The van der Waals surface area contributed by atoms with Crippen molar-refractivity contribution in [3.8, 4) is 5.69 Å². The number of aromatic nitrogens is 7. The van der Waals surface area contributed by atoms with Crippen molar-refractivity contribution < 1.29 is 13.5 Å². The summed E-state index contributed by atoms with van der Waals surface area (Å²) in [6.07, 6.45) is 9.30. The van der Waals surface area contributed by atoms with E-state index in [0.29, 0.717) is 66.1 Å². The Balaban J connectivity index is 1.32. The number of alkyl halides is 2. The van der Waals surface area contributed by atoms with Crippen LogP contribution in [0.3, 0.4) is 0 Å². The van der Waals surface area contributed by atoms with E-state index < -0.39 is 6.55 Å². The van der Waals surface area contributed by atoms with Gasteiger partial charge in [0.15, 0.2) is 17.0 Å². The fourth-order valence-corrected chi connectivity index (χ4v) is 5.14. The fraction of sp³-hybridized carbons (Fsp3) is 0.409. The summed E-state index contributed by atoms with van der Waals surface area (Å²) in [6, 6.07) is 0. The molecule has 4 aromatic heterocycles. The molecule has 188 valence electrons. The first-order valence-electron chi connectivity index (χ1n) is 11.6. The van der Waals surface area contributed by atoms with Gasteiger partial charge < -0.3 is 20.3 Å². The van der Waals surface area contributed by atoms with E-state index in [-0.39, 0.29) is 0 Å². The van der Waals surface area contributed by atoms with Crippen LogP contribution in [0.25, 0.3) is 22.4 Å². The highest BCUT2D eigenvalue weighted by molar-refractivity contribution is 7.12. The van der Waals surface area contributed by atoms with Gasteiger partial charge in [-0.1, -0.05) is 6.08 Å². The summed E-state index contributed by atoms with van der Waals surface area (Å²) in [5.41, 5.74) is 2.80. The normalized spacial score (nSPS) is 16.6. The minimum absolute atomic E-state index is 0.440. The number of halogens is 2. The molecular formula is C22H24F2N10OS. The summed E-state index contributed by atoms with van der Waals surface area (Å²) < 4.78 is 33.9. The van der Waals surface area contributed by atoms with E-state index in [0.717, 1.165) is 24.5 Å². The van der Waals surface area contributed by atoms with E-state index in [9.17, 15) is 8.78 Å². The van der Waals surface area contributed by atoms with Gasteiger partial charge in [-0.2, -0.15) is 23.8 Å². The Morgan fingerprint density at radius 2 is 2.06 bits per heavy atom. The molecule has 11 nitrogen and oxygen atoms in total. The number of hydrogen-bond acceptors (Lipinski definition) is 10. The van der Waals surface area contributed by atoms with Crippen molar-refractivity contribution in [2.24, 2.45) is 0 Å². The molecule has 0 saturated carbocycles. The van der Waals surface area contributed by atoms with Gasteiger partial charge in [0.1, 0.15) is 11.3 Å². The van der Waals surface area contributed by atoms with Crippen LogP contribution in [0.1, 0.15) is 22.9 Å². The molecule has 4 aromatic rings. The number of nitrogens with zero attached hydrogens (tertiary/aromatic N) is 8. The number of morpholine rings is 1. The highest BCUT2D eigenvalue weighted by Gasteiger charge is 2.21. The van der Waals surface area contributed by atoms with Gasteiger partial charge in [0.2, 0.25) is 5.95 Å². The van der Waals surface area contributed by atoms with Crippen LogP contribution in [0.5, 0.6) is 0 Å². The summed E-state index contributed by atoms with van der Waals surface area (Å²) >= 11 is 1.66. The Morgan fingerprint density at radius 1 is 1.17 bits per heavy atom. The maximum absolute atomic E-state index is 13.1. The van der Waals surface area contributed by atoms with E-state index in [2.05, 4.69) is 31.8 Å². The predicted octanol–water partition coefficient (Wildman–Crippen LogP) is 2.69. The van der Waals surface area contributed by atoms with E-state index in [1.807, 2.05) is 11.1 Å². The summed E-state index contributed by atoms with van der Waals surface area (Å²) in [6.45, 7) is 2.07. The molecule has 0 aromatic carbocycles. The van der Waals surface area contributed by atoms with E-state index >= 15 is 0 Å². The lowest BCUT2D eigenvalue weighted by molar-refractivity contribution is 0.0566. The van der Waals surface area contributed by atoms with Crippen molar-refractivity contribution >= 4 is 39.8 Å². The van der Waals surface area contributed by atoms with Gasteiger partial charge >= 0.3 is 6.55 Å². The van der Waals surface area contributed by atoms with Crippen molar-refractivity contribution in [3.63, 3.8) is 0 Å². The Bertz CT molecular complexity index is 1390. The quantitative estimate of drug-likeness (QED) is 0.385. The van der Waals surface area contributed by atoms with Gasteiger partial charge in [-0.05, 0) is 18.5 Å². The number of imidazole rings is 1. The second-order valence-electron chi connectivity index (χ2n) is 8.37. The van der Waals surface area contributed by atoms with E-state index in [1.54, 1.807) is 22.2 Å². The lowest BCUT2D eigenvalue weighted by Crippen LogP contribution is -2.37. The van der Waals surface area contributed by atoms with Crippen molar-refractivity contribution in [2.75, 3.05) is 49.6 Å². The van der Waals surface area contributed by atoms with Crippen molar-refractivity contribution in [2.45, 2.75) is 19.5 Å². The molecule has 0 spiro atoms. The van der Waals surface area contributed by atoms with Crippen molar-refractivity contribution in [1.82, 2.24) is 39.6 Å². The number of anilines is 2. The van der Waals surface area contributed by atoms with Gasteiger partial charge in [-0.3, -0.25) is 4.57 Å². The Morgan fingerprint density at radius 3 is 2.83 bits per heavy atom. The van der Waals surface area contributed by atoms with Gasteiger partial charge in [0.25, 0.3) is 0 Å². The Kier molecular flexibility index (Phi) is 6.29. The second-order valence-corrected chi connectivity index (χ2v) is 9.49. The highest BCUT2D eigenvalue weighted by atomic mass is 32.1. The molecule has 2 aliphatic rings. The topological polar surface area (TPSA) is 111 Å². The summed E-state index contributed by atoms with van der Waals surface area (Å²) in [5.74, 6) is 1.08. The van der Waals surface area contributed by atoms with Crippen molar-refractivity contribution in [1.29, 1.82) is 0 Å². The third-order valence-corrected chi connectivity index (χ3v) is 7.16. The monoisotopic (exact) mass is 514 g/mol. The van der Waals surface area contributed by atoms with Gasteiger partial charge in [-0.15, -0.1) is 11.3 Å². The molecule has 0 atom stereocenters. The molecule has 0 bridgehead atoms. The third-order valence-electron chi connectivity index (χ3n) is 6.09. The number of ether oxygens (including phenoxy) is 1. The van der Waals surface area contributed by atoms with Gasteiger partial charge in [0, 0.05) is 25.8 Å². The SMILES string of the molecule is FC(F)n1cc(-n2cnc3c(NCc4ncc(C5=CCNCC5)s4)nc(N4CCOCC4)nc32)cn1. The number of thiazole rings is 1. The van der Waals surface area contributed by atoms with Crippen LogP contribution in [0.2, 0.25) is 0 Å². The number of fused-ring (bicyclic) bond motifs is 1. The average molecular weight is 515 g/mol. The molecule has 36 heavy (non-hydrogen) atoms. The van der Waals surface area contributed by atoms with Crippen molar-refractivity contribution in [3.05, 3.63) is 40.9 Å². The molecule has 1 saturated heterocycles. The number of hydrogen-bond donors (Lipinski definition) is 2. The van der Waals surface area contributed by atoms with Crippen LogP contribution in [0.15, 0.2) is 31.0 Å². The first kappa shape index (κ1) is 22.9. The molecule has 2 N–H and O–H groups in total. The van der Waals surface area contributed by atoms with Crippen LogP contribution in [-0.4, -0.2) is 73.7 Å². The molecule has 1 fully saturated rings. The van der Waals surface area contributed by atoms with Crippen LogP contribution in [-0.2, 0) is 11.3 Å². The summed E-state index contributed by atoms with van der Waals surface area (Å²) in [7, 11) is 0. The van der Waals surface area contributed by atoms with Crippen LogP contribution >= 0.6 is 11.3 Å². The first-order chi connectivity index (χ1) is 17.7. The van der Waals surface area contributed by atoms with E-state index in [4.69, 9.17) is 14.7 Å². The molecule has 6 heterocycles. The minimum Gasteiger partial charge on any atom is -0.378 e. The summed E-state index contributed by atoms with van der Waals surface area (Å²) in [5, 5.41) is 11.4. The smallest absolute Gasteiger partial charge is 0.333 e. The molecule has 14 heteroatoms. The Hall–Kier alpha value is -3.49. The predicted molar refractivity (Wildman–Crippen MR) is 132 cm³/mol. The van der Waals surface area contributed by atoms with Gasteiger partial charge in [-0.25, -0.2) is 14.6 Å². The van der Waals surface area contributed by atoms with Gasteiger partial charge in [0.05, 0.1) is 42.7 Å². The van der Waals surface area contributed by atoms with Crippen LogP contribution in [0.4, 0.5) is 20.5 Å². The zero-order valence-electron chi connectivity index (χ0n) is 19.3. The van der Waals surface area contributed by atoms with Crippen LogP contribution in [0, 0.1) is 0 Å². The molecular weight excluding hydrogens is 490 g/mol. The average Bonchev–Trinajstić information content (AvgIpc) is 3.68. The molecule has 6 rings (SSSR count). The van der Waals surface area contributed by atoms with Crippen LogP contribution < -0.4 is 15.5 Å². The molecule has 2 aliphatic heterocycles. The van der Waals surface area contributed by atoms with E-state index in [1.165, 1.54) is 22.8 Å². The maximum atomic E-state index is 13.1. The first-order valence-corrected chi connectivity index (χ1v) is 12.5. The lowest BCUT2D eigenvalue weighted by atomic mass is 10.1. The molecule has 0 aliphatic carbocycles. The lowest BCUT2D eigenvalue weighted by Gasteiger charge is -2.27. The minimum atomic E-state index is -2.73. The molecule has 0 unspecified atom stereocenters. The maximum Gasteiger partial charge on any atom is 0.333 e. The number of nitrogens with one attached hydrogen (secondary N) is 2. The highest BCUT2D eigenvalue weighted by Crippen LogP contribution is 2.28. The standard InChI is InChI=1S/C22H24F2N10OS/c23-21(24)34-12-15(9-29-34)33-13-28-18-19(30-22(31-20(18)33)32-5-7-35-8-6-32)27-11-17-26-10-16(36-17)14-1-3-25-4-2-14/h1,9-10,12-13,21,25H,2-8,11H2,(H,27,30,31). The molecule has 0 amide bonds. The Labute approximate surface area is 208 Å². The fourth-order valence-electron chi connectivity index (χ4n) is 4.21. The summed E-state index contributed by atoms with van der Waals surface area (Å²) in [4.78, 5) is 21.8.